The molecule has 3 rings (SSSR count). The molecule has 0 radical (unpaired) electrons. The highest BCUT2D eigenvalue weighted by atomic mass is 16.5. The monoisotopic (exact) mass is 230 g/mol. The number of pyridine rings is 1. The minimum atomic E-state index is 0.545. The van der Waals surface area contributed by atoms with Gasteiger partial charge in [0, 0.05) is 17.8 Å². The second-order valence-electron chi connectivity index (χ2n) is 5.02. The van der Waals surface area contributed by atoms with Gasteiger partial charge in [-0.1, -0.05) is 13.8 Å². The normalized spacial score (nSPS) is 23.7. The molecule has 0 bridgehead atoms. The van der Waals surface area contributed by atoms with Crippen molar-refractivity contribution < 1.29 is 4.74 Å². The predicted octanol–water partition coefficient (Wildman–Crippen LogP) is 3.03. The van der Waals surface area contributed by atoms with Crippen LogP contribution in [0.25, 0.3) is 5.65 Å². The van der Waals surface area contributed by atoms with Gasteiger partial charge in [0.25, 0.3) is 0 Å². The Bertz CT molecular complexity index is 559. The minimum absolute atomic E-state index is 0.545. The maximum Gasteiger partial charge on any atom is 0.180 e. The van der Waals surface area contributed by atoms with Crippen molar-refractivity contribution in [2.45, 2.75) is 32.6 Å². The molecular formula is C14H18N2O. The molecule has 2 aromatic rings. The molecule has 0 aromatic carbocycles. The number of hydrogen-bond acceptors (Lipinski definition) is 2. The average molecular weight is 230 g/mol. The van der Waals surface area contributed by atoms with Crippen molar-refractivity contribution in [1.82, 2.24) is 9.38 Å². The lowest BCUT2D eigenvalue weighted by atomic mass is 9.82. The van der Waals surface area contributed by atoms with Crippen LogP contribution in [-0.2, 0) is 6.42 Å². The fraction of sp³-hybridized carbons (Fsp3) is 0.500. The molecule has 0 amide bonds. The van der Waals surface area contributed by atoms with Gasteiger partial charge in [-0.2, -0.15) is 0 Å². The maximum absolute atomic E-state index is 5.38. The first-order valence-corrected chi connectivity index (χ1v) is 6.26. The highest BCUT2D eigenvalue weighted by Crippen LogP contribution is 2.36. The third kappa shape index (κ3) is 1.45. The molecule has 2 aromatic heterocycles. The lowest BCUT2D eigenvalue weighted by molar-refractivity contribution is 0.415. The standard InChI is InChI=1S/C14H18N2O/c1-9-6-7-11-13(10(9)2)15-14-12(17-3)5-4-8-16(11)14/h4-5,8-10H,6-7H2,1-3H3. The molecule has 0 saturated carbocycles. The van der Waals surface area contributed by atoms with Crippen molar-refractivity contribution in [3.05, 3.63) is 29.7 Å². The lowest BCUT2D eigenvalue weighted by Gasteiger charge is -2.24. The minimum Gasteiger partial charge on any atom is -0.493 e. The average Bonchev–Trinajstić information content (AvgIpc) is 2.73. The van der Waals surface area contributed by atoms with Crippen molar-refractivity contribution in [1.29, 1.82) is 0 Å². The first kappa shape index (κ1) is 10.6. The van der Waals surface area contributed by atoms with Crippen LogP contribution in [0, 0.1) is 5.92 Å². The third-order valence-corrected chi connectivity index (χ3v) is 4.09. The molecule has 0 fully saturated rings. The van der Waals surface area contributed by atoms with E-state index in [-0.39, 0.29) is 0 Å². The molecule has 0 saturated heterocycles. The van der Waals surface area contributed by atoms with Gasteiger partial charge in [-0.15, -0.1) is 0 Å². The van der Waals surface area contributed by atoms with Crippen LogP contribution < -0.4 is 4.74 Å². The molecule has 2 heterocycles. The summed E-state index contributed by atoms with van der Waals surface area (Å²) in [5.41, 5.74) is 3.58. The number of rotatable bonds is 1. The van der Waals surface area contributed by atoms with Gasteiger partial charge in [0.2, 0.25) is 0 Å². The molecule has 1 aliphatic carbocycles. The van der Waals surface area contributed by atoms with E-state index >= 15 is 0 Å². The molecule has 0 N–H and O–H groups in total. The van der Waals surface area contributed by atoms with Crippen LogP contribution in [0.4, 0.5) is 0 Å². The summed E-state index contributed by atoms with van der Waals surface area (Å²) in [5, 5.41) is 0. The molecule has 0 aliphatic heterocycles. The molecule has 3 nitrogen and oxygen atoms in total. The first-order chi connectivity index (χ1) is 8.22. The summed E-state index contributed by atoms with van der Waals surface area (Å²) in [7, 11) is 1.70. The van der Waals surface area contributed by atoms with Crippen molar-refractivity contribution >= 4 is 5.65 Å². The van der Waals surface area contributed by atoms with Gasteiger partial charge >= 0.3 is 0 Å². The number of nitrogens with zero attached hydrogens (tertiary/aromatic N) is 2. The van der Waals surface area contributed by atoms with Gasteiger partial charge in [0.15, 0.2) is 11.4 Å². The topological polar surface area (TPSA) is 26.5 Å². The third-order valence-electron chi connectivity index (χ3n) is 4.09. The van der Waals surface area contributed by atoms with Gasteiger partial charge in [-0.25, -0.2) is 4.98 Å². The fourth-order valence-electron chi connectivity index (χ4n) is 2.77. The van der Waals surface area contributed by atoms with Crippen LogP contribution in [0.2, 0.25) is 0 Å². The second-order valence-corrected chi connectivity index (χ2v) is 5.02. The SMILES string of the molecule is COc1cccn2c3c(nc12)C(C)C(C)CC3. The molecule has 90 valence electrons. The van der Waals surface area contributed by atoms with Crippen LogP contribution in [0.15, 0.2) is 18.3 Å². The predicted molar refractivity (Wildman–Crippen MR) is 67.6 cm³/mol. The Kier molecular flexibility index (Phi) is 2.35. The number of hydrogen-bond donors (Lipinski definition) is 0. The van der Waals surface area contributed by atoms with Crippen molar-refractivity contribution in [2.24, 2.45) is 5.92 Å². The zero-order valence-corrected chi connectivity index (χ0v) is 10.6. The zero-order valence-electron chi connectivity index (χ0n) is 10.6. The van der Waals surface area contributed by atoms with E-state index in [1.165, 1.54) is 17.8 Å². The summed E-state index contributed by atoms with van der Waals surface area (Å²) in [6, 6.07) is 4.00. The Morgan fingerprint density at radius 1 is 1.41 bits per heavy atom. The van der Waals surface area contributed by atoms with Crippen LogP contribution in [0.5, 0.6) is 5.75 Å². The summed E-state index contributed by atoms with van der Waals surface area (Å²) in [6.45, 7) is 4.59. The number of fused-ring (bicyclic) bond motifs is 3. The van der Waals surface area contributed by atoms with Gasteiger partial charge in [-0.3, -0.25) is 0 Å². The van der Waals surface area contributed by atoms with Gasteiger partial charge in [0.1, 0.15) is 0 Å². The number of ether oxygens (including phenoxy) is 1. The van der Waals surface area contributed by atoms with Crippen LogP contribution in [0.1, 0.15) is 37.6 Å². The molecule has 0 spiro atoms. The summed E-state index contributed by atoms with van der Waals surface area (Å²) >= 11 is 0. The Labute approximate surface area is 101 Å². The van der Waals surface area contributed by atoms with E-state index in [1.807, 2.05) is 12.1 Å². The summed E-state index contributed by atoms with van der Waals surface area (Å²) in [4.78, 5) is 4.79. The Morgan fingerprint density at radius 2 is 2.24 bits per heavy atom. The first-order valence-electron chi connectivity index (χ1n) is 6.26. The summed E-state index contributed by atoms with van der Waals surface area (Å²) in [5.74, 6) is 2.13. The van der Waals surface area contributed by atoms with Crippen molar-refractivity contribution in [3.63, 3.8) is 0 Å². The molecule has 2 unspecified atom stereocenters. The Morgan fingerprint density at radius 3 is 3.00 bits per heavy atom. The van der Waals surface area contributed by atoms with E-state index in [4.69, 9.17) is 9.72 Å². The molecule has 2 atom stereocenters. The number of aromatic nitrogens is 2. The quantitative estimate of drug-likeness (QED) is 0.752. The van der Waals surface area contributed by atoms with Gasteiger partial charge in [-0.05, 0) is 30.9 Å². The van der Waals surface area contributed by atoms with Crippen molar-refractivity contribution in [3.8, 4) is 5.75 Å². The molecule has 17 heavy (non-hydrogen) atoms. The number of methoxy groups -OCH3 is 1. The maximum atomic E-state index is 5.38. The Balaban J connectivity index is 2.27. The summed E-state index contributed by atoms with van der Waals surface area (Å²) < 4.78 is 7.57. The van der Waals surface area contributed by atoms with Crippen LogP contribution in [-0.4, -0.2) is 16.5 Å². The van der Waals surface area contributed by atoms with Crippen LogP contribution >= 0.6 is 0 Å². The largest absolute Gasteiger partial charge is 0.493 e. The smallest absolute Gasteiger partial charge is 0.180 e. The van der Waals surface area contributed by atoms with E-state index in [0.717, 1.165) is 23.7 Å². The van der Waals surface area contributed by atoms with E-state index < -0.39 is 0 Å². The number of imidazole rings is 1. The molecule has 3 heteroatoms. The van der Waals surface area contributed by atoms with Gasteiger partial charge < -0.3 is 9.14 Å². The number of aryl methyl sites for hydroxylation is 1. The zero-order chi connectivity index (χ0) is 12.0. The Hall–Kier alpha value is -1.51. The molecular weight excluding hydrogens is 212 g/mol. The van der Waals surface area contributed by atoms with Gasteiger partial charge in [0.05, 0.1) is 12.8 Å². The fourth-order valence-corrected chi connectivity index (χ4v) is 2.77. The van der Waals surface area contributed by atoms with E-state index in [9.17, 15) is 0 Å². The summed E-state index contributed by atoms with van der Waals surface area (Å²) in [6.07, 6.45) is 4.46. The van der Waals surface area contributed by atoms with Crippen LogP contribution in [0.3, 0.4) is 0 Å². The lowest BCUT2D eigenvalue weighted by Crippen LogP contribution is -2.16. The van der Waals surface area contributed by atoms with E-state index in [2.05, 4.69) is 24.4 Å². The molecule has 1 aliphatic rings. The highest BCUT2D eigenvalue weighted by Gasteiger charge is 2.27. The van der Waals surface area contributed by atoms with Crippen molar-refractivity contribution in [2.75, 3.05) is 7.11 Å². The van der Waals surface area contributed by atoms with E-state index in [1.54, 1.807) is 7.11 Å². The second kappa shape index (κ2) is 3.76. The highest BCUT2D eigenvalue weighted by molar-refractivity contribution is 5.56. The van der Waals surface area contributed by atoms with E-state index in [0.29, 0.717) is 5.92 Å².